The molecule has 220 valence electrons. The van der Waals surface area contributed by atoms with Crippen LogP contribution in [0, 0.1) is 6.92 Å². The van der Waals surface area contributed by atoms with Crippen LogP contribution in [0.1, 0.15) is 33.2 Å². The Morgan fingerprint density at radius 2 is 1.58 bits per heavy atom. The number of hydrogen-bond acceptors (Lipinski definition) is 7. The van der Waals surface area contributed by atoms with E-state index in [-0.39, 0.29) is 31.6 Å². The predicted octanol–water partition coefficient (Wildman–Crippen LogP) is 6.14. The lowest BCUT2D eigenvalue weighted by Gasteiger charge is -2.20. The van der Waals surface area contributed by atoms with Crippen molar-refractivity contribution in [2.45, 2.75) is 13.8 Å². The fourth-order valence-corrected chi connectivity index (χ4v) is 4.22. The van der Waals surface area contributed by atoms with Crippen molar-refractivity contribution in [1.29, 1.82) is 0 Å². The van der Waals surface area contributed by atoms with Crippen molar-refractivity contribution < 1.29 is 28.7 Å². The number of ether oxygens (including phenoxy) is 2. The third-order valence-electron chi connectivity index (χ3n) is 6.41. The first kappa shape index (κ1) is 30.5. The second kappa shape index (κ2) is 15.0. The van der Waals surface area contributed by atoms with E-state index in [1.54, 1.807) is 68.6 Å². The summed E-state index contributed by atoms with van der Waals surface area (Å²) in [4.78, 5) is 44.1. The lowest BCUT2D eigenvalue weighted by Crippen LogP contribution is -2.26. The maximum Gasteiger partial charge on any atom is 0.347 e. The van der Waals surface area contributed by atoms with E-state index in [0.29, 0.717) is 28.3 Å². The van der Waals surface area contributed by atoms with Crippen molar-refractivity contribution in [2.75, 3.05) is 37.1 Å². The first-order valence-electron chi connectivity index (χ1n) is 13.7. The average molecular weight is 580 g/mol. The number of hydrogen-bond donors (Lipinski definition) is 1. The van der Waals surface area contributed by atoms with Crippen LogP contribution in [-0.4, -0.2) is 50.9 Å². The molecule has 9 nitrogen and oxygen atoms in total. The van der Waals surface area contributed by atoms with Crippen molar-refractivity contribution in [3.8, 4) is 16.9 Å². The van der Waals surface area contributed by atoms with Crippen LogP contribution < -0.4 is 15.0 Å². The Bertz CT molecular complexity index is 1580. The Hall–Kier alpha value is -5.44. The number of aryl methyl sites for hydroxylation is 1. The number of nitrogens with zero attached hydrogens (tertiary/aromatic N) is 2. The molecule has 0 aliphatic carbocycles. The molecule has 4 aromatic rings. The predicted molar refractivity (Wildman–Crippen MR) is 167 cm³/mol. The van der Waals surface area contributed by atoms with Crippen LogP contribution in [0.15, 0.2) is 102 Å². The highest BCUT2D eigenvalue weighted by atomic mass is 16.7. The van der Waals surface area contributed by atoms with Gasteiger partial charge in [-0.05, 0) is 67.4 Å². The maximum atomic E-state index is 13.3. The summed E-state index contributed by atoms with van der Waals surface area (Å²) in [6.45, 7) is 3.76. The highest BCUT2D eigenvalue weighted by Crippen LogP contribution is 2.29. The minimum atomic E-state index is -0.509. The molecule has 0 unspecified atom stereocenters. The zero-order valence-electron chi connectivity index (χ0n) is 24.3. The number of benzene rings is 4. The number of amides is 2. The van der Waals surface area contributed by atoms with Gasteiger partial charge >= 0.3 is 5.97 Å². The SMILES string of the molecule is CCOC(=O)CO/N=C\COc1ccccc1N(C)C(=O)c1ccc(NC(=O)c2ccccc2-c2ccc(C)cc2)cc1. The number of oxime groups is 1. The maximum absolute atomic E-state index is 13.3. The Balaban J connectivity index is 1.38. The van der Waals surface area contributed by atoms with Gasteiger partial charge in [-0.3, -0.25) is 9.59 Å². The molecule has 2 amide bonds. The van der Waals surface area contributed by atoms with Gasteiger partial charge in [0.05, 0.1) is 18.5 Å². The molecule has 0 aliphatic heterocycles. The van der Waals surface area contributed by atoms with Crippen LogP contribution in [0.25, 0.3) is 11.1 Å². The molecule has 43 heavy (non-hydrogen) atoms. The Morgan fingerprint density at radius 1 is 0.884 bits per heavy atom. The zero-order valence-corrected chi connectivity index (χ0v) is 24.3. The zero-order chi connectivity index (χ0) is 30.6. The monoisotopic (exact) mass is 579 g/mol. The van der Waals surface area contributed by atoms with Crippen molar-refractivity contribution in [3.63, 3.8) is 0 Å². The number of rotatable bonds is 12. The molecule has 0 radical (unpaired) electrons. The molecular weight excluding hydrogens is 546 g/mol. The topological polar surface area (TPSA) is 107 Å². The van der Waals surface area contributed by atoms with Crippen LogP contribution >= 0.6 is 0 Å². The summed E-state index contributed by atoms with van der Waals surface area (Å²) in [6.07, 6.45) is 1.37. The first-order valence-corrected chi connectivity index (χ1v) is 13.7. The van der Waals surface area contributed by atoms with Gasteiger partial charge in [-0.2, -0.15) is 0 Å². The van der Waals surface area contributed by atoms with Crippen LogP contribution in [0.4, 0.5) is 11.4 Å². The molecule has 4 rings (SSSR count). The van der Waals surface area contributed by atoms with E-state index in [9.17, 15) is 14.4 Å². The van der Waals surface area contributed by atoms with Crippen LogP contribution in [-0.2, 0) is 14.4 Å². The Kier molecular flexibility index (Phi) is 10.6. The fourth-order valence-electron chi connectivity index (χ4n) is 4.22. The standard InChI is InChI=1S/C34H33N3O6/c1-4-41-32(38)23-43-35-21-22-42-31-12-8-7-11-30(31)37(3)34(40)26-17-19-27(20-18-26)36-33(39)29-10-6-5-9-28(29)25-15-13-24(2)14-16-25/h5-21H,4,22-23H2,1-3H3,(H,36,39)/b35-21-. The first-order chi connectivity index (χ1) is 20.9. The lowest BCUT2D eigenvalue weighted by atomic mass is 9.98. The molecule has 0 bridgehead atoms. The normalized spacial score (nSPS) is 10.7. The van der Waals surface area contributed by atoms with Gasteiger partial charge in [-0.15, -0.1) is 0 Å². The smallest absolute Gasteiger partial charge is 0.347 e. The summed E-state index contributed by atoms with van der Waals surface area (Å²) in [5, 5.41) is 6.61. The Morgan fingerprint density at radius 3 is 2.33 bits per heavy atom. The fraction of sp³-hybridized carbons (Fsp3) is 0.176. The van der Waals surface area contributed by atoms with Gasteiger partial charge in [0.15, 0.2) is 0 Å². The molecule has 0 aliphatic rings. The number of anilines is 2. The number of carbonyl (C=O) groups excluding carboxylic acids is 3. The summed E-state index contributed by atoms with van der Waals surface area (Å²) >= 11 is 0. The van der Waals surface area contributed by atoms with Crippen molar-refractivity contribution >= 4 is 35.4 Å². The molecule has 0 spiro atoms. The summed E-state index contributed by atoms with van der Waals surface area (Å²) in [6, 6.07) is 29.3. The Labute approximate surface area is 250 Å². The number of carbonyl (C=O) groups is 3. The largest absolute Gasteiger partial charge is 0.486 e. The molecule has 0 saturated heterocycles. The summed E-state index contributed by atoms with van der Waals surface area (Å²) < 4.78 is 10.5. The lowest BCUT2D eigenvalue weighted by molar-refractivity contribution is -0.148. The van der Waals surface area contributed by atoms with E-state index in [2.05, 4.69) is 10.5 Å². The highest BCUT2D eigenvalue weighted by molar-refractivity contribution is 6.09. The third kappa shape index (κ3) is 8.29. The van der Waals surface area contributed by atoms with Gasteiger partial charge < -0.3 is 24.5 Å². The van der Waals surface area contributed by atoms with Gasteiger partial charge in [0.2, 0.25) is 6.61 Å². The van der Waals surface area contributed by atoms with Crippen LogP contribution in [0.3, 0.4) is 0 Å². The van der Waals surface area contributed by atoms with E-state index in [0.717, 1.165) is 16.7 Å². The quantitative estimate of drug-likeness (QED) is 0.123. The van der Waals surface area contributed by atoms with Crippen LogP contribution in [0.5, 0.6) is 5.75 Å². The highest BCUT2D eigenvalue weighted by Gasteiger charge is 2.18. The summed E-state index contributed by atoms with van der Waals surface area (Å²) in [7, 11) is 1.65. The van der Waals surface area contributed by atoms with Gasteiger partial charge in [0.1, 0.15) is 12.4 Å². The molecule has 4 aromatic carbocycles. The molecule has 0 aromatic heterocycles. The molecule has 0 saturated carbocycles. The van der Waals surface area contributed by atoms with E-state index >= 15 is 0 Å². The minimum absolute atomic E-state index is 0.0588. The number of esters is 1. The number of nitrogens with one attached hydrogen (secondary N) is 1. The molecule has 1 N–H and O–H groups in total. The van der Waals surface area contributed by atoms with E-state index < -0.39 is 5.97 Å². The third-order valence-corrected chi connectivity index (χ3v) is 6.41. The molecule has 0 heterocycles. The van der Waals surface area contributed by atoms with Gasteiger partial charge in [-0.25, -0.2) is 4.79 Å². The van der Waals surface area contributed by atoms with Gasteiger partial charge in [0, 0.05) is 23.9 Å². The molecule has 9 heteroatoms. The van der Waals surface area contributed by atoms with Gasteiger partial charge in [-0.1, -0.05) is 65.3 Å². The molecule has 0 fully saturated rings. The second-order valence-electron chi connectivity index (χ2n) is 9.45. The summed E-state index contributed by atoms with van der Waals surface area (Å²) in [5.74, 6) is -0.547. The average Bonchev–Trinajstić information content (AvgIpc) is 3.03. The molecular formula is C34H33N3O6. The second-order valence-corrected chi connectivity index (χ2v) is 9.45. The minimum Gasteiger partial charge on any atom is -0.486 e. The molecule has 0 atom stereocenters. The summed E-state index contributed by atoms with van der Waals surface area (Å²) in [5.41, 5.74) is 5.05. The van der Waals surface area contributed by atoms with Crippen LogP contribution in [0.2, 0.25) is 0 Å². The van der Waals surface area contributed by atoms with Gasteiger partial charge in [0.25, 0.3) is 11.8 Å². The van der Waals surface area contributed by atoms with Crippen molar-refractivity contribution in [3.05, 3.63) is 114 Å². The van der Waals surface area contributed by atoms with E-state index in [4.69, 9.17) is 14.3 Å². The van der Waals surface area contributed by atoms with Crippen molar-refractivity contribution in [2.24, 2.45) is 5.16 Å². The van der Waals surface area contributed by atoms with E-state index in [1.165, 1.54) is 11.1 Å². The van der Waals surface area contributed by atoms with E-state index in [1.807, 2.05) is 49.4 Å². The van der Waals surface area contributed by atoms with Crippen molar-refractivity contribution in [1.82, 2.24) is 0 Å². The number of para-hydroxylation sites is 2.